The van der Waals surface area contributed by atoms with Crippen molar-refractivity contribution < 1.29 is 9.53 Å². The first-order chi connectivity index (χ1) is 12.6. The van der Waals surface area contributed by atoms with Crippen molar-refractivity contribution in [2.45, 2.75) is 26.5 Å². The van der Waals surface area contributed by atoms with Crippen molar-refractivity contribution in [1.29, 1.82) is 0 Å². The number of hydrogen-bond donors (Lipinski definition) is 0. The molecule has 0 saturated carbocycles. The first kappa shape index (κ1) is 18.7. The van der Waals surface area contributed by atoms with Crippen LogP contribution in [0.5, 0.6) is 0 Å². The fraction of sp³-hybridized carbons (Fsp3) is 0.474. The highest BCUT2D eigenvalue weighted by Gasteiger charge is 2.24. The highest BCUT2D eigenvalue weighted by atomic mass is 35.5. The van der Waals surface area contributed by atoms with Gasteiger partial charge in [-0.25, -0.2) is 4.79 Å². The predicted octanol–water partition coefficient (Wildman–Crippen LogP) is 3.09. The molecule has 0 atom stereocenters. The molecule has 2 heterocycles. The van der Waals surface area contributed by atoms with Crippen LogP contribution in [-0.2, 0) is 31.4 Å². The predicted molar refractivity (Wildman–Crippen MR) is 101 cm³/mol. The van der Waals surface area contributed by atoms with Crippen LogP contribution in [-0.4, -0.2) is 51.9 Å². The van der Waals surface area contributed by atoms with Crippen LogP contribution in [0.3, 0.4) is 0 Å². The standard InChI is InChI=1S/C19H25ClN4O2/c1-3-17-16(18(20)22(2)21-17)13-23-9-11-24(12-10-23)19(25)26-14-15-7-5-4-6-8-15/h4-8H,3,9-14H2,1-2H3. The summed E-state index contributed by atoms with van der Waals surface area (Å²) in [5.41, 5.74) is 3.14. The van der Waals surface area contributed by atoms with Crippen molar-refractivity contribution in [2.75, 3.05) is 26.2 Å². The number of piperazine rings is 1. The van der Waals surface area contributed by atoms with Crippen LogP contribution in [0, 0.1) is 0 Å². The van der Waals surface area contributed by atoms with E-state index in [-0.39, 0.29) is 6.09 Å². The Balaban J connectivity index is 1.49. The number of aryl methyl sites for hydroxylation is 2. The van der Waals surface area contributed by atoms with E-state index in [9.17, 15) is 4.79 Å². The molecule has 3 rings (SSSR count). The van der Waals surface area contributed by atoms with Crippen molar-refractivity contribution in [2.24, 2.45) is 7.05 Å². The zero-order valence-electron chi connectivity index (χ0n) is 15.3. The van der Waals surface area contributed by atoms with Crippen molar-refractivity contribution >= 4 is 17.7 Å². The molecule has 1 amide bonds. The minimum absolute atomic E-state index is 0.248. The van der Waals surface area contributed by atoms with E-state index < -0.39 is 0 Å². The van der Waals surface area contributed by atoms with Gasteiger partial charge in [0.05, 0.1) is 5.69 Å². The van der Waals surface area contributed by atoms with E-state index in [0.717, 1.165) is 42.9 Å². The number of carbonyl (C=O) groups excluding carboxylic acids is 1. The van der Waals surface area contributed by atoms with Crippen LogP contribution in [0.1, 0.15) is 23.7 Å². The van der Waals surface area contributed by atoms with Gasteiger partial charge in [-0.1, -0.05) is 48.9 Å². The number of ether oxygens (including phenoxy) is 1. The summed E-state index contributed by atoms with van der Waals surface area (Å²) in [5.74, 6) is 0. The first-order valence-electron chi connectivity index (χ1n) is 8.96. The third-order valence-electron chi connectivity index (χ3n) is 4.70. The quantitative estimate of drug-likeness (QED) is 0.804. The highest BCUT2D eigenvalue weighted by molar-refractivity contribution is 6.30. The summed E-state index contributed by atoms with van der Waals surface area (Å²) in [6.45, 7) is 6.08. The lowest BCUT2D eigenvalue weighted by molar-refractivity contribution is 0.0700. The number of nitrogens with zero attached hydrogens (tertiary/aromatic N) is 4. The second-order valence-electron chi connectivity index (χ2n) is 6.50. The Morgan fingerprint density at radius 3 is 2.54 bits per heavy atom. The van der Waals surface area contributed by atoms with Crippen LogP contribution < -0.4 is 0 Å². The average Bonchev–Trinajstić information content (AvgIpc) is 2.95. The topological polar surface area (TPSA) is 50.6 Å². The summed E-state index contributed by atoms with van der Waals surface area (Å²) in [5, 5.41) is 5.16. The first-order valence-corrected chi connectivity index (χ1v) is 9.34. The van der Waals surface area contributed by atoms with Crippen molar-refractivity contribution in [3.63, 3.8) is 0 Å². The van der Waals surface area contributed by atoms with E-state index in [2.05, 4.69) is 16.9 Å². The molecule has 1 aliphatic rings. The summed E-state index contributed by atoms with van der Waals surface area (Å²) in [4.78, 5) is 16.3. The van der Waals surface area contributed by atoms with E-state index >= 15 is 0 Å². The Hall–Kier alpha value is -2.05. The van der Waals surface area contributed by atoms with Gasteiger partial charge in [0.1, 0.15) is 11.8 Å². The fourth-order valence-corrected chi connectivity index (χ4v) is 3.37. The molecule has 1 fully saturated rings. The van der Waals surface area contributed by atoms with Gasteiger partial charge in [-0.05, 0) is 12.0 Å². The van der Waals surface area contributed by atoms with Crippen LogP contribution in [0.4, 0.5) is 4.79 Å². The lowest BCUT2D eigenvalue weighted by Crippen LogP contribution is -2.48. The van der Waals surface area contributed by atoms with E-state index in [1.54, 1.807) is 9.58 Å². The van der Waals surface area contributed by atoms with Gasteiger partial charge >= 0.3 is 6.09 Å². The van der Waals surface area contributed by atoms with Crippen LogP contribution in [0.2, 0.25) is 5.15 Å². The van der Waals surface area contributed by atoms with Crippen molar-refractivity contribution in [3.8, 4) is 0 Å². The van der Waals surface area contributed by atoms with E-state index in [4.69, 9.17) is 16.3 Å². The third-order valence-corrected chi connectivity index (χ3v) is 5.18. The normalized spacial score (nSPS) is 15.3. The van der Waals surface area contributed by atoms with Gasteiger partial charge in [-0.2, -0.15) is 5.10 Å². The third kappa shape index (κ3) is 4.37. The summed E-state index contributed by atoms with van der Waals surface area (Å²) >= 11 is 6.38. The number of carbonyl (C=O) groups is 1. The molecule has 0 N–H and O–H groups in total. The minimum Gasteiger partial charge on any atom is -0.445 e. The maximum atomic E-state index is 12.2. The summed E-state index contributed by atoms with van der Waals surface area (Å²) in [6.07, 6.45) is 0.615. The Labute approximate surface area is 159 Å². The molecule has 1 aromatic heterocycles. The second-order valence-corrected chi connectivity index (χ2v) is 6.85. The van der Waals surface area contributed by atoms with E-state index in [1.807, 2.05) is 37.4 Å². The average molecular weight is 377 g/mol. The Morgan fingerprint density at radius 1 is 1.19 bits per heavy atom. The monoisotopic (exact) mass is 376 g/mol. The molecule has 6 nitrogen and oxygen atoms in total. The zero-order chi connectivity index (χ0) is 18.5. The molecule has 0 spiro atoms. The lowest BCUT2D eigenvalue weighted by atomic mass is 10.2. The van der Waals surface area contributed by atoms with Crippen LogP contribution >= 0.6 is 11.6 Å². The molecule has 1 aliphatic heterocycles. The van der Waals surface area contributed by atoms with E-state index in [0.29, 0.717) is 24.8 Å². The number of benzene rings is 1. The SMILES string of the molecule is CCc1nn(C)c(Cl)c1CN1CCN(C(=O)OCc2ccccc2)CC1. The van der Waals surface area contributed by atoms with Gasteiger partial charge in [-0.3, -0.25) is 9.58 Å². The molecule has 0 bridgehead atoms. The molecule has 0 aliphatic carbocycles. The Kier molecular flexibility index (Phi) is 6.16. The summed E-state index contributed by atoms with van der Waals surface area (Å²) in [7, 11) is 1.87. The van der Waals surface area contributed by atoms with Gasteiger partial charge in [0.15, 0.2) is 0 Å². The largest absolute Gasteiger partial charge is 0.445 e. The molecule has 0 unspecified atom stereocenters. The van der Waals surface area contributed by atoms with Crippen molar-refractivity contribution in [3.05, 3.63) is 52.3 Å². The smallest absolute Gasteiger partial charge is 0.410 e. The van der Waals surface area contributed by atoms with Crippen LogP contribution in [0.15, 0.2) is 30.3 Å². The van der Waals surface area contributed by atoms with Crippen molar-refractivity contribution in [1.82, 2.24) is 19.6 Å². The number of aromatic nitrogens is 2. The van der Waals surface area contributed by atoms with Gasteiger partial charge in [-0.15, -0.1) is 0 Å². The number of rotatable bonds is 5. The molecule has 26 heavy (non-hydrogen) atoms. The maximum Gasteiger partial charge on any atom is 0.410 e. The molecule has 2 aromatic rings. The molecule has 7 heteroatoms. The molecule has 1 aromatic carbocycles. The fourth-order valence-electron chi connectivity index (χ4n) is 3.16. The Bertz CT molecular complexity index is 739. The van der Waals surface area contributed by atoms with Gasteiger partial charge < -0.3 is 9.64 Å². The number of amides is 1. The molecule has 0 radical (unpaired) electrons. The highest BCUT2D eigenvalue weighted by Crippen LogP contribution is 2.22. The molecule has 140 valence electrons. The molecule has 1 saturated heterocycles. The second kappa shape index (κ2) is 8.56. The zero-order valence-corrected chi connectivity index (χ0v) is 16.1. The van der Waals surface area contributed by atoms with Gasteiger partial charge in [0.25, 0.3) is 0 Å². The summed E-state index contributed by atoms with van der Waals surface area (Å²) in [6, 6.07) is 9.73. The maximum absolute atomic E-state index is 12.2. The van der Waals surface area contributed by atoms with Gasteiger partial charge in [0, 0.05) is 45.3 Å². The Morgan fingerprint density at radius 2 is 1.88 bits per heavy atom. The summed E-state index contributed by atoms with van der Waals surface area (Å²) < 4.78 is 7.14. The number of halogens is 1. The number of hydrogen-bond acceptors (Lipinski definition) is 4. The minimum atomic E-state index is -0.248. The molecular formula is C19H25ClN4O2. The molecular weight excluding hydrogens is 352 g/mol. The van der Waals surface area contributed by atoms with Gasteiger partial charge in [0.2, 0.25) is 0 Å². The van der Waals surface area contributed by atoms with E-state index in [1.165, 1.54) is 0 Å². The van der Waals surface area contributed by atoms with Crippen LogP contribution in [0.25, 0.3) is 0 Å². The lowest BCUT2D eigenvalue weighted by Gasteiger charge is -2.34.